The van der Waals surface area contributed by atoms with Crippen LogP contribution in [-0.4, -0.2) is 58.0 Å². The molecule has 1 saturated heterocycles. The fourth-order valence-corrected chi connectivity index (χ4v) is 2.01. The topological polar surface area (TPSA) is 116 Å². The van der Waals surface area contributed by atoms with Gasteiger partial charge in [0.15, 0.2) is 0 Å². The van der Waals surface area contributed by atoms with Gasteiger partial charge in [0.25, 0.3) is 0 Å². The molecule has 1 fully saturated rings. The predicted octanol–water partition coefficient (Wildman–Crippen LogP) is 0.964. The molecule has 1 rings (SSSR count). The van der Waals surface area contributed by atoms with Crippen molar-refractivity contribution in [1.82, 2.24) is 10.2 Å². The van der Waals surface area contributed by atoms with Crippen LogP contribution in [0.4, 0.5) is 9.59 Å². The summed E-state index contributed by atoms with van der Waals surface area (Å²) in [5.74, 6) is -1.91. The summed E-state index contributed by atoms with van der Waals surface area (Å²) in [4.78, 5) is 34.6. The molecule has 0 aromatic rings. The Hall–Kier alpha value is -1.99. The van der Waals surface area contributed by atoms with Crippen LogP contribution in [0.1, 0.15) is 27.2 Å². The van der Waals surface area contributed by atoms with Crippen molar-refractivity contribution >= 4 is 18.2 Å². The van der Waals surface area contributed by atoms with Crippen LogP contribution in [0.3, 0.4) is 0 Å². The molecule has 8 nitrogen and oxygen atoms in total. The third-order valence-electron chi connectivity index (χ3n) is 2.79. The number of hydrogen-bond acceptors (Lipinski definition) is 4. The Labute approximate surface area is 116 Å². The largest absolute Gasteiger partial charge is 0.481 e. The first kappa shape index (κ1) is 16.1. The van der Waals surface area contributed by atoms with Gasteiger partial charge in [0.05, 0.1) is 12.0 Å². The van der Waals surface area contributed by atoms with Gasteiger partial charge in [-0.3, -0.25) is 4.79 Å². The van der Waals surface area contributed by atoms with Gasteiger partial charge < -0.3 is 25.2 Å². The highest BCUT2D eigenvalue weighted by Crippen LogP contribution is 2.18. The minimum absolute atomic E-state index is 0.0539. The van der Waals surface area contributed by atoms with E-state index in [1.807, 2.05) is 0 Å². The van der Waals surface area contributed by atoms with E-state index in [0.717, 1.165) is 4.90 Å². The molecule has 1 heterocycles. The summed E-state index contributed by atoms with van der Waals surface area (Å²) in [7, 11) is 0. The van der Waals surface area contributed by atoms with Gasteiger partial charge in [-0.25, -0.2) is 9.59 Å². The molecule has 1 aliphatic rings. The number of piperidine rings is 1. The molecule has 0 aromatic carbocycles. The van der Waals surface area contributed by atoms with Crippen LogP contribution < -0.4 is 5.32 Å². The standard InChI is InChI=1S/C12H20N2O6/c1-12(2,3)20-10(17)13-8-4-7(9(15)16)5-14(6-8)11(18)19/h7-8H,4-6H2,1-3H3,(H,13,17)(H,15,16)(H,18,19)/t7-,8+/m1/s1. The number of carboxylic acids is 1. The number of amides is 2. The van der Waals surface area contributed by atoms with Crippen molar-refractivity contribution in [3.05, 3.63) is 0 Å². The molecule has 20 heavy (non-hydrogen) atoms. The summed E-state index contributed by atoms with van der Waals surface area (Å²) >= 11 is 0. The Balaban J connectivity index is 2.66. The molecule has 3 N–H and O–H groups in total. The zero-order valence-electron chi connectivity index (χ0n) is 11.8. The Morgan fingerprint density at radius 3 is 2.25 bits per heavy atom. The zero-order valence-corrected chi connectivity index (χ0v) is 11.8. The highest BCUT2D eigenvalue weighted by Gasteiger charge is 2.35. The summed E-state index contributed by atoms with van der Waals surface area (Å²) in [5.41, 5.74) is -0.669. The summed E-state index contributed by atoms with van der Waals surface area (Å²) in [6, 6.07) is -0.573. The van der Waals surface area contributed by atoms with Crippen molar-refractivity contribution < 1.29 is 29.3 Å². The van der Waals surface area contributed by atoms with Crippen molar-refractivity contribution in [3.8, 4) is 0 Å². The van der Waals surface area contributed by atoms with E-state index in [9.17, 15) is 14.4 Å². The van der Waals surface area contributed by atoms with Gasteiger partial charge in [0, 0.05) is 13.1 Å². The molecule has 0 aliphatic carbocycles. The fourth-order valence-electron chi connectivity index (χ4n) is 2.01. The number of alkyl carbamates (subject to hydrolysis) is 1. The number of nitrogens with zero attached hydrogens (tertiary/aromatic N) is 1. The number of hydrogen-bond donors (Lipinski definition) is 3. The SMILES string of the molecule is CC(C)(C)OC(=O)N[C@H]1C[C@@H](C(=O)O)CN(C(=O)O)C1. The van der Waals surface area contributed by atoms with E-state index in [1.54, 1.807) is 20.8 Å². The first-order valence-corrected chi connectivity index (χ1v) is 6.28. The molecular formula is C12H20N2O6. The number of nitrogens with one attached hydrogen (secondary N) is 1. The van der Waals surface area contributed by atoms with Crippen LogP contribution in [0.5, 0.6) is 0 Å². The summed E-state index contributed by atoms with van der Waals surface area (Å²) in [6.07, 6.45) is -1.70. The van der Waals surface area contributed by atoms with Crippen LogP contribution in [0.15, 0.2) is 0 Å². The maximum absolute atomic E-state index is 11.6. The molecule has 1 aliphatic heterocycles. The van der Waals surface area contributed by atoms with Gasteiger partial charge in [-0.05, 0) is 27.2 Å². The fraction of sp³-hybridized carbons (Fsp3) is 0.750. The number of carbonyl (C=O) groups is 3. The minimum Gasteiger partial charge on any atom is -0.481 e. The van der Waals surface area contributed by atoms with Crippen LogP contribution in [0, 0.1) is 5.92 Å². The van der Waals surface area contributed by atoms with E-state index in [0.29, 0.717) is 0 Å². The van der Waals surface area contributed by atoms with Crippen molar-refractivity contribution in [1.29, 1.82) is 0 Å². The van der Waals surface area contributed by atoms with Crippen LogP contribution >= 0.6 is 0 Å². The summed E-state index contributed by atoms with van der Waals surface area (Å²) in [6.45, 7) is 5.10. The molecule has 114 valence electrons. The van der Waals surface area contributed by atoms with Gasteiger partial charge in [0.2, 0.25) is 0 Å². The van der Waals surface area contributed by atoms with Crippen LogP contribution in [0.25, 0.3) is 0 Å². The second-order valence-electron chi connectivity index (χ2n) is 5.80. The molecule has 2 atom stereocenters. The number of likely N-dealkylation sites (tertiary alicyclic amines) is 1. The average Bonchev–Trinajstić information content (AvgIpc) is 2.25. The molecule has 0 aromatic heterocycles. The van der Waals surface area contributed by atoms with E-state index in [1.165, 1.54) is 0 Å². The van der Waals surface area contributed by atoms with Crippen molar-refractivity contribution in [3.63, 3.8) is 0 Å². The minimum atomic E-state index is -1.20. The molecule has 0 saturated carbocycles. The number of carbonyl (C=O) groups excluding carboxylic acids is 1. The van der Waals surface area contributed by atoms with E-state index in [4.69, 9.17) is 14.9 Å². The second-order valence-corrected chi connectivity index (χ2v) is 5.80. The molecular weight excluding hydrogens is 268 g/mol. The summed E-state index contributed by atoms with van der Waals surface area (Å²) in [5, 5.41) is 20.5. The van der Waals surface area contributed by atoms with Crippen molar-refractivity contribution in [2.75, 3.05) is 13.1 Å². The lowest BCUT2D eigenvalue weighted by atomic mass is 9.94. The monoisotopic (exact) mass is 288 g/mol. The Morgan fingerprint density at radius 2 is 1.80 bits per heavy atom. The Bertz CT molecular complexity index is 381. The quantitative estimate of drug-likeness (QED) is 0.697. The molecule has 0 bridgehead atoms. The molecule has 0 spiro atoms. The lowest BCUT2D eigenvalue weighted by Gasteiger charge is -2.35. The van der Waals surface area contributed by atoms with Crippen molar-refractivity contribution in [2.45, 2.75) is 38.8 Å². The molecule has 0 unspecified atom stereocenters. The second kappa shape index (κ2) is 5.98. The van der Waals surface area contributed by atoms with Gasteiger partial charge in [-0.2, -0.15) is 0 Å². The predicted molar refractivity (Wildman–Crippen MR) is 68.5 cm³/mol. The first-order chi connectivity index (χ1) is 9.08. The van der Waals surface area contributed by atoms with Crippen LogP contribution in [0.2, 0.25) is 0 Å². The molecule has 0 radical (unpaired) electrons. The number of ether oxygens (including phenoxy) is 1. The van der Waals surface area contributed by atoms with Crippen molar-refractivity contribution in [2.24, 2.45) is 5.92 Å². The van der Waals surface area contributed by atoms with E-state index in [-0.39, 0.29) is 19.5 Å². The smallest absolute Gasteiger partial charge is 0.407 e. The third kappa shape index (κ3) is 4.94. The lowest BCUT2D eigenvalue weighted by molar-refractivity contribution is -0.143. The van der Waals surface area contributed by atoms with Crippen LogP contribution in [-0.2, 0) is 9.53 Å². The normalized spacial score (nSPS) is 23.1. The van der Waals surface area contributed by atoms with Gasteiger partial charge in [-0.1, -0.05) is 0 Å². The number of aliphatic carboxylic acids is 1. The maximum atomic E-state index is 11.6. The van der Waals surface area contributed by atoms with E-state index < -0.39 is 35.7 Å². The van der Waals surface area contributed by atoms with Gasteiger partial charge in [-0.15, -0.1) is 0 Å². The Kier molecular flexibility index (Phi) is 4.80. The third-order valence-corrected chi connectivity index (χ3v) is 2.79. The highest BCUT2D eigenvalue weighted by molar-refractivity contribution is 5.73. The van der Waals surface area contributed by atoms with Gasteiger partial charge in [0.1, 0.15) is 5.60 Å². The molecule has 8 heteroatoms. The zero-order chi connectivity index (χ0) is 15.5. The number of rotatable bonds is 2. The number of carboxylic acid groups (broad SMARTS) is 2. The maximum Gasteiger partial charge on any atom is 0.407 e. The lowest BCUT2D eigenvalue weighted by Crippen LogP contribution is -2.54. The Morgan fingerprint density at radius 1 is 1.20 bits per heavy atom. The highest BCUT2D eigenvalue weighted by atomic mass is 16.6. The van der Waals surface area contributed by atoms with E-state index in [2.05, 4.69) is 5.32 Å². The molecule has 2 amide bonds. The van der Waals surface area contributed by atoms with E-state index >= 15 is 0 Å². The average molecular weight is 288 g/mol. The van der Waals surface area contributed by atoms with Gasteiger partial charge >= 0.3 is 18.2 Å². The summed E-state index contributed by atoms with van der Waals surface area (Å²) < 4.78 is 5.07. The first-order valence-electron chi connectivity index (χ1n) is 6.28.